The van der Waals surface area contributed by atoms with Crippen molar-refractivity contribution in [2.24, 2.45) is 5.41 Å². The Balaban J connectivity index is 2.33. The van der Waals surface area contributed by atoms with Crippen LogP contribution in [-0.2, 0) is 0 Å². The lowest BCUT2D eigenvalue weighted by atomic mass is 9.79. The van der Waals surface area contributed by atoms with E-state index in [4.69, 9.17) is 0 Å². The van der Waals surface area contributed by atoms with E-state index >= 15 is 0 Å². The van der Waals surface area contributed by atoms with Gasteiger partial charge in [-0.1, -0.05) is 6.92 Å². The molecule has 2 rings (SSSR count). The van der Waals surface area contributed by atoms with E-state index in [2.05, 4.69) is 12.2 Å². The highest BCUT2D eigenvalue weighted by Gasteiger charge is 2.60. The first-order valence-electron chi connectivity index (χ1n) is 4.75. The summed E-state index contributed by atoms with van der Waals surface area (Å²) in [5, 5.41) is 3.17. The Kier molecular flexibility index (Phi) is 1.70. The number of nitrogens with one attached hydrogen (secondary N) is 1. The molecule has 0 unspecified atom stereocenters. The summed E-state index contributed by atoms with van der Waals surface area (Å²) in [6.45, 7) is 4.37. The van der Waals surface area contributed by atoms with Crippen LogP contribution in [0.3, 0.4) is 0 Å². The van der Waals surface area contributed by atoms with Crippen molar-refractivity contribution in [2.45, 2.75) is 25.6 Å². The Hall–Kier alpha value is -0.150. The van der Waals surface area contributed by atoms with E-state index in [9.17, 15) is 4.39 Å². The standard InChI is InChI=1S/C9H17FN2/c1-3-8-4-5-12(2)9(8,10)7-11-6-8/h11H,3-7H2,1-2H3/t8-,9+/m1/s1. The van der Waals surface area contributed by atoms with E-state index in [0.29, 0.717) is 6.54 Å². The van der Waals surface area contributed by atoms with E-state index in [0.717, 1.165) is 25.9 Å². The summed E-state index contributed by atoms with van der Waals surface area (Å²) in [5.74, 6) is -1.07. The van der Waals surface area contributed by atoms with Crippen LogP contribution in [0.5, 0.6) is 0 Å². The van der Waals surface area contributed by atoms with Crippen molar-refractivity contribution >= 4 is 0 Å². The van der Waals surface area contributed by atoms with Crippen LogP contribution in [0.25, 0.3) is 0 Å². The molecule has 0 aromatic heterocycles. The van der Waals surface area contributed by atoms with Crippen LogP contribution in [0.1, 0.15) is 19.8 Å². The second-order valence-corrected chi connectivity index (χ2v) is 4.17. The van der Waals surface area contributed by atoms with Crippen molar-refractivity contribution in [1.29, 1.82) is 0 Å². The first kappa shape index (κ1) is 8.45. The molecule has 70 valence electrons. The van der Waals surface area contributed by atoms with Gasteiger partial charge < -0.3 is 5.32 Å². The molecular weight excluding hydrogens is 155 g/mol. The monoisotopic (exact) mass is 172 g/mol. The number of nitrogens with zero attached hydrogens (tertiary/aromatic N) is 1. The zero-order chi connectivity index (χ0) is 8.82. The minimum absolute atomic E-state index is 0.0955. The third-order valence-electron chi connectivity index (χ3n) is 3.84. The minimum atomic E-state index is -1.07. The van der Waals surface area contributed by atoms with Crippen LogP contribution in [-0.4, -0.2) is 37.4 Å². The number of alkyl halides is 1. The highest BCUT2D eigenvalue weighted by atomic mass is 19.1. The van der Waals surface area contributed by atoms with Crippen LogP contribution >= 0.6 is 0 Å². The second kappa shape index (κ2) is 2.42. The number of likely N-dealkylation sites (tertiary alicyclic amines) is 1. The van der Waals surface area contributed by atoms with Crippen LogP contribution in [0.2, 0.25) is 0 Å². The summed E-state index contributed by atoms with van der Waals surface area (Å²) in [6, 6.07) is 0. The van der Waals surface area contributed by atoms with Gasteiger partial charge in [0, 0.05) is 25.0 Å². The van der Waals surface area contributed by atoms with Gasteiger partial charge in [0.05, 0.1) is 0 Å². The summed E-state index contributed by atoms with van der Waals surface area (Å²) in [7, 11) is 1.89. The van der Waals surface area contributed by atoms with Crippen LogP contribution in [0.4, 0.5) is 4.39 Å². The number of halogens is 1. The number of hydrogen-bond donors (Lipinski definition) is 1. The quantitative estimate of drug-likeness (QED) is 0.593. The normalized spacial score (nSPS) is 48.2. The van der Waals surface area contributed by atoms with Gasteiger partial charge in [-0.25, -0.2) is 4.39 Å². The molecule has 0 aliphatic carbocycles. The summed E-state index contributed by atoms with van der Waals surface area (Å²) < 4.78 is 14.4. The fraction of sp³-hybridized carbons (Fsp3) is 1.00. The van der Waals surface area contributed by atoms with Gasteiger partial charge >= 0.3 is 0 Å². The Bertz CT molecular complexity index is 193. The van der Waals surface area contributed by atoms with E-state index in [1.807, 2.05) is 11.9 Å². The first-order valence-corrected chi connectivity index (χ1v) is 4.75. The molecule has 2 atom stereocenters. The molecule has 2 saturated heterocycles. The Labute approximate surface area is 73.1 Å². The molecule has 3 heteroatoms. The molecule has 0 aromatic carbocycles. The molecule has 0 bridgehead atoms. The maximum atomic E-state index is 14.4. The molecule has 0 spiro atoms. The lowest BCUT2D eigenvalue weighted by molar-refractivity contribution is -0.0362. The van der Waals surface area contributed by atoms with Gasteiger partial charge in [0.15, 0.2) is 5.79 Å². The largest absolute Gasteiger partial charge is 0.312 e. The molecule has 12 heavy (non-hydrogen) atoms. The lowest BCUT2D eigenvalue weighted by Gasteiger charge is -2.35. The molecule has 0 aromatic rings. The zero-order valence-electron chi connectivity index (χ0n) is 7.86. The lowest BCUT2D eigenvalue weighted by Crippen LogP contribution is -2.47. The molecule has 2 fully saturated rings. The van der Waals surface area contributed by atoms with Gasteiger partial charge in [-0.2, -0.15) is 0 Å². The predicted octanol–water partition coefficient (Wildman–Crippen LogP) is 0.987. The van der Waals surface area contributed by atoms with Crippen molar-refractivity contribution in [1.82, 2.24) is 10.2 Å². The smallest absolute Gasteiger partial charge is 0.183 e. The fourth-order valence-electron chi connectivity index (χ4n) is 2.74. The maximum absolute atomic E-state index is 14.4. The third-order valence-corrected chi connectivity index (χ3v) is 3.84. The topological polar surface area (TPSA) is 15.3 Å². The van der Waals surface area contributed by atoms with E-state index in [-0.39, 0.29) is 5.41 Å². The van der Waals surface area contributed by atoms with Crippen molar-refractivity contribution in [2.75, 3.05) is 26.7 Å². The SMILES string of the molecule is CC[C@]12CCN(C)[C@@]1(F)CNC2. The summed E-state index contributed by atoms with van der Waals surface area (Å²) in [4.78, 5) is 1.87. The average molecular weight is 172 g/mol. The van der Waals surface area contributed by atoms with Crippen LogP contribution in [0.15, 0.2) is 0 Å². The van der Waals surface area contributed by atoms with Crippen molar-refractivity contribution in [3.8, 4) is 0 Å². The summed E-state index contributed by atoms with van der Waals surface area (Å²) in [5.41, 5.74) is -0.0955. The van der Waals surface area contributed by atoms with Crippen LogP contribution in [0, 0.1) is 5.41 Å². The highest BCUT2D eigenvalue weighted by Crippen LogP contribution is 2.50. The van der Waals surface area contributed by atoms with Gasteiger partial charge in [-0.3, -0.25) is 4.90 Å². The second-order valence-electron chi connectivity index (χ2n) is 4.17. The number of rotatable bonds is 1. The Morgan fingerprint density at radius 1 is 1.50 bits per heavy atom. The Morgan fingerprint density at radius 2 is 2.25 bits per heavy atom. The van der Waals surface area contributed by atoms with Gasteiger partial charge in [0.1, 0.15) is 0 Å². The molecule has 0 amide bonds. The van der Waals surface area contributed by atoms with Crippen molar-refractivity contribution in [3.05, 3.63) is 0 Å². The number of likely N-dealkylation sites (N-methyl/N-ethyl adjacent to an activating group) is 1. The zero-order valence-corrected chi connectivity index (χ0v) is 7.86. The molecule has 2 aliphatic heterocycles. The maximum Gasteiger partial charge on any atom is 0.183 e. The molecule has 2 aliphatic rings. The molecule has 0 radical (unpaired) electrons. The molecule has 2 nitrogen and oxygen atoms in total. The van der Waals surface area contributed by atoms with Crippen LogP contribution < -0.4 is 5.32 Å². The van der Waals surface area contributed by atoms with Gasteiger partial charge in [-0.15, -0.1) is 0 Å². The summed E-state index contributed by atoms with van der Waals surface area (Å²) >= 11 is 0. The van der Waals surface area contributed by atoms with E-state index < -0.39 is 5.79 Å². The van der Waals surface area contributed by atoms with Crippen molar-refractivity contribution in [3.63, 3.8) is 0 Å². The third kappa shape index (κ3) is 0.761. The molecule has 2 heterocycles. The van der Waals surface area contributed by atoms with E-state index in [1.165, 1.54) is 0 Å². The van der Waals surface area contributed by atoms with Gasteiger partial charge in [-0.05, 0) is 19.9 Å². The highest BCUT2D eigenvalue weighted by molar-refractivity contribution is 5.09. The number of hydrogen-bond acceptors (Lipinski definition) is 2. The van der Waals surface area contributed by atoms with Gasteiger partial charge in [0.25, 0.3) is 0 Å². The number of fused-ring (bicyclic) bond motifs is 1. The molecular formula is C9H17FN2. The summed E-state index contributed by atoms with van der Waals surface area (Å²) in [6.07, 6.45) is 1.95. The molecule has 0 saturated carbocycles. The van der Waals surface area contributed by atoms with Crippen molar-refractivity contribution < 1.29 is 4.39 Å². The van der Waals surface area contributed by atoms with E-state index in [1.54, 1.807) is 0 Å². The van der Waals surface area contributed by atoms with Gasteiger partial charge in [0.2, 0.25) is 0 Å². The Morgan fingerprint density at radius 3 is 2.83 bits per heavy atom. The predicted molar refractivity (Wildman–Crippen MR) is 46.7 cm³/mol. The molecule has 1 N–H and O–H groups in total. The average Bonchev–Trinajstić information content (AvgIpc) is 2.50. The fourth-order valence-corrected chi connectivity index (χ4v) is 2.74. The first-order chi connectivity index (χ1) is 5.65. The minimum Gasteiger partial charge on any atom is -0.312 e.